The van der Waals surface area contributed by atoms with Gasteiger partial charge in [0, 0.05) is 6.42 Å². The van der Waals surface area contributed by atoms with Crippen LogP contribution in [0.1, 0.15) is 16.7 Å². The van der Waals surface area contributed by atoms with Gasteiger partial charge in [-0.05, 0) is 35.7 Å². The highest BCUT2D eigenvalue weighted by Crippen LogP contribution is 2.34. The molecule has 2 aromatic rings. The number of hydrogen-bond acceptors (Lipinski definition) is 2. The zero-order valence-corrected chi connectivity index (χ0v) is 10.3. The second kappa shape index (κ2) is 3.44. The minimum atomic E-state index is -3.32. The second-order valence-electron chi connectivity index (χ2n) is 4.40. The lowest BCUT2D eigenvalue weighted by Gasteiger charge is -2.19. The van der Waals surface area contributed by atoms with Gasteiger partial charge in [0.1, 0.15) is 0 Å². The van der Waals surface area contributed by atoms with E-state index in [1.54, 1.807) is 18.2 Å². The molecule has 0 N–H and O–H groups in total. The minimum Gasteiger partial charge on any atom is -0.218 e. The maximum absolute atomic E-state index is 12.4. The lowest BCUT2D eigenvalue weighted by molar-refractivity contribution is 0.591. The molecule has 2 nitrogen and oxygen atoms in total. The van der Waals surface area contributed by atoms with Crippen LogP contribution in [0.4, 0.5) is 0 Å². The fourth-order valence-corrected chi connectivity index (χ4v) is 4.10. The van der Waals surface area contributed by atoms with Crippen LogP contribution < -0.4 is 0 Å². The highest BCUT2D eigenvalue weighted by molar-refractivity contribution is 7.91. The van der Waals surface area contributed by atoms with Crippen molar-refractivity contribution >= 4 is 9.84 Å². The molecule has 1 aliphatic heterocycles. The summed E-state index contributed by atoms with van der Waals surface area (Å²) in [7, 11) is -3.32. The lowest BCUT2D eigenvalue weighted by atomic mass is 10.0. The summed E-state index contributed by atoms with van der Waals surface area (Å²) in [6, 6.07) is 12.9. The molecule has 0 radical (unpaired) electrons. The van der Waals surface area contributed by atoms with E-state index in [0.717, 1.165) is 16.7 Å². The van der Waals surface area contributed by atoms with Crippen LogP contribution >= 0.6 is 0 Å². The Morgan fingerprint density at radius 3 is 2.47 bits per heavy atom. The van der Waals surface area contributed by atoms with Gasteiger partial charge in [-0.25, -0.2) is 8.42 Å². The molecule has 0 saturated heterocycles. The van der Waals surface area contributed by atoms with Crippen molar-refractivity contribution in [3.63, 3.8) is 0 Å². The maximum atomic E-state index is 12.4. The van der Waals surface area contributed by atoms with E-state index in [4.69, 9.17) is 0 Å². The summed E-state index contributed by atoms with van der Waals surface area (Å²) in [5, 5.41) is 0. The van der Waals surface area contributed by atoms with Gasteiger partial charge in [-0.3, -0.25) is 0 Å². The smallest absolute Gasteiger partial charge is 0.207 e. The van der Waals surface area contributed by atoms with Gasteiger partial charge in [-0.2, -0.15) is 0 Å². The molecule has 0 bridgehead atoms. The first-order valence-corrected chi connectivity index (χ1v) is 7.00. The Balaban J connectivity index is 2.36. The Labute approximate surface area is 101 Å². The first kappa shape index (κ1) is 10.5. The van der Waals surface area contributed by atoms with Crippen molar-refractivity contribution in [2.45, 2.75) is 23.1 Å². The molecule has 0 amide bonds. The molecule has 0 fully saturated rings. The Bertz CT molecular complexity index is 700. The summed E-state index contributed by atoms with van der Waals surface area (Å²) in [5.74, 6) is 0. The standard InChI is InChI=1S/C14H12O2S/c1-10-6-7-12-9-11-4-2-3-5-13(11)17(15,16)14(12)8-10/h2-8H,9H2,1H3. The number of sulfone groups is 1. The van der Waals surface area contributed by atoms with Crippen LogP contribution in [0.3, 0.4) is 0 Å². The molecule has 0 spiro atoms. The number of aryl methyl sites for hydroxylation is 1. The van der Waals surface area contributed by atoms with Crippen molar-refractivity contribution in [2.24, 2.45) is 0 Å². The lowest BCUT2D eigenvalue weighted by Crippen LogP contribution is -2.14. The fourth-order valence-electron chi connectivity index (χ4n) is 2.29. The molecule has 3 rings (SSSR count). The summed E-state index contributed by atoms with van der Waals surface area (Å²) in [4.78, 5) is 0.925. The van der Waals surface area contributed by atoms with Crippen LogP contribution in [0.25, 0.3) is 0 Å². The topological polar surface area (TPSA) is 34.1 Å². The summed E-state index contributed by atoms with van der Waals surface area (Å²) in [5.41, 5.74) is 2.77. The van der Waals surface area contributed by atoms with Crippen molar-refractivity contribution in [1.82, 2.24) is 0 Å². The molecule has 1 heterocycles. The van der Waals surface area contributed by atoms with E-state index in [-0.39, 0.29) is 0 Å². The number of hydrogen-bond donors (Lipinski definition) is 0. The van der Waals surface area contributed by atoms with Crippen LogP contribution in [0, 0.1) is 6.92 Å². The summed E-state index contributed by atoms with van der Waals surface area (Å²) >= 11 is 0. The fraction of sp³-hybridized carbons (Fsp3) is 0.143. The molecule has 2 aromatic carbocycles. The van der Waals surface area contributed by atoms with Crippen LogP contribution in [0.2, 0.25) is 0 Å². The third kappa shape index (κ3) is 1.50. The predicted molar refractivity (Wildman–Crippen MR) is 65.9 cm³/mol. The largest absolute Gasteiger partial charge is 0.218 e. The van der Waals surface area contributed by atoms with Gasteiger partial charge >= 0.3 is 0 Å². The maximum Gasteiger partial charge on any atom is 0.207 e. The second-order valence-corrected chi connectivity index (χ2v) is 6.29. The molecular weight excluding hydrogens is 232 g/mol. The van der Waals surface area contributed by atoms with Crippen LogP contribution in [-0.4, -0.2) is 8.42 Å². The number of fused-ring (bicyclic) bond motifs is 2. The van der Waals surface area contributed by atoms with E-state index >= 15 is 0 Å². The Morgan fingerprint density at radius 2 is 1.65 bits per heavy atom. The molecule has 17 heavy (non-hydrogen) atoms. The molecule has 0 atom stereocenters. The van der Waals surface area contributed by atoms with Crippen molar-refractivity contribution in [2.75, 3.05) is 0 Å². The number of rotatable bonds is 0. The van der Waals surface area contributed by atoms with E-state index in [0.29, 0.717) is 16.2 Å². The van der Waals surface area contributed by atoms with E-state index < -0.39 is 9.84 Å². The van der Waals surface area contributed by atoms with E-state index in [9.17, 15) is 8.42 Å². The summed E-state index contributed by atoms with van der Waals surface area (Å²) < 4.78 is 24.9. The molecule has 0 unspecified atom stereocenters. The zero-order chi connectivity index (χ0) is 12.0. The van der Waals surface area contributed by atoms with E-state index in [1.807, 2.05) is 31.2 Å². The van der Waals surface area contributed by atoms with Crippen molar-refractivity contribution in [3.8, 4) is 0 Å². The quantitative estimate of drug-likeness (QED) is 0.609. The highest BCUT2D eigenvalue weighted by atomic mass is 32.2. The molecular formula is C14H12O2S. The van der Waals surface area contributed by atoms with Gasteiger partial charge in [0.05, 0.1) is 9.79 Å². The monoisotopic (exact) mass is 244 g/mol. The molecule has 1 aliphatic rings. The van der Waals surface area contributed by atoms with Crippen LogP contribution in [0.5, 0.6) is 0 Å². The van der Waals surface area contributed by atoms with Gasteiger partial charge in [0.2, 0.25) is 9.84 Å². The first-order valence-electron chi connectivity index (χ1n) is 5.51. The SMILES string of the molecule is Cc1ccc2c(c1)S(=O)(=O)c1ccccc1C2. The average Bonchev–Trinajstić information content (AvgIpc) is 2.31. The van der Waals surface area contributed by atoms with Crippen LogP contribution in [0.15, 0.2) is 52.3 Å². The van der Waals surface area contributed by atoms with E-state index in [1.165, 1.54) is 0 Å². The van der Waals surface area contributed by atoms with Gasteiger partial charge in [0.25, 0.3) is 0 Å². The molecule has 0 aromatic heterocycles. The van der Waals surface area contributed by atoms with Crippen molar-refractivity contribution in [3.05, 3.63) is 59.2 Å². The Hall–Kier alpha value is -1.61. The zero-order valence-electron chi connectivity index (χ0n) is 9.47. The van der Waals surface area contributed by atoms with Gasteiger partial charge in [-0.15, -0.1) is 0 Å². The summed E-state index contributed by atoms with van der Waals surface area (Å²) in [6.45, 7) is 1.91. The molecule has 3 heteroatoms. The van der Waals surface area contributed by atoms with Crippen molar-refractivity contribution in [1.29, 1.82) is 0 Å². The van der Waals surface area contributed by atoms with Gasteiger partial charge < -0.3 is 0 Å². The van der Waals surface area contributed by atoms with Crippen LogP contribution in [-0.2, 0) is 16.3 Å². The van der Waals surface area contributed by atoms with Gasteiger partial charge in [0.15, 0.2) is 0 Å². The Morgan fingerprint density at radius 1 is 0.941 bits per heavy atom. The van der Waals surface area contributed by atoms with Crippen molar-refractivity contribution < 1.29 is 8.42 Å². The molecule has 0 saturated carbocycles. The molecule has 86 valence electrons. The van der Waals surface area contributed by atoms with E-state index in [2.05, 4.69) is 0 Å². The average molecular weight is 244 g/mol. The third-order valence-electron chi connectivity index (χ3n) is 3.16. The summed E-state index contributed by atoms with van der Waals surface area (Å²) in [6.07, 6.45) is 0.699. The minimum absolute atomic E-state index is 0.457. The molecule has 0 aliphatic carbocycles. The first-order chi connectivity index (χ1) is 8.09. The third-order valence-corrected chi connectivity index (χ3v) is 5.09. The number of benzene rings is 2. The predicted octanol–water partition coefficient (Wildman–Crippen LogP) is 2.73. The Kier molecular flexibility index (Phi) is 2.13. The van der Waals surface area contributed by atoms with Gasteiger partial charge in [-0.1, -0.05) is 30.3 Å². The highest BCUT2D eigenvalue weighted by Gasteiger charge is 2.28. The normalized spacial score (nSPS) is 16.1.